The van der Waals surface area contributed by atoms with E-state index in [0.29, 0.717) is 35.8 Å². The lowest BCUT2D eigenvalue weighted by Crippen LogP contribution is -2.16. The molecule has 0 atom stereocenters. The highest BCUT2D eigenvalue weighted by molar-refractivity contribution is 6.06. The van der Waals surface area contributed by atoms with Gasteiger partial charge in [0.05, 0.1) is 12.2 Å². The zero-order chi connectivity index (χ0) is 16.7. The van der Waals surface area contributed by atoms with Crippen molar-refractivity contribution in [3.8, 4) is 5.75 Å². The Labute approximate surface area is 134 Å². The van der Waals surface area contributed by atoms with Gasteiger partial charge in [-0.1, -0.05) is 18.2 Å². The Balaban J connectivity index is 2.14. The summed E-state index contributed by atoms with van der Waals surface area (Å²) in [7, 11) is 1.58. The van der Waals surface area contributed by atoms with Gasteiger partial charge in [-0.25, -0.2) is 0 Å². The molecule has 23 heavy (non-hydrogen) atoms. The summed E-state index contributed by atoms with van der Waals surface area (Å²) in [6, 6.07) is 13.3. The highest BCUT2D eigenvalue weighted by Crippen LogP contribution is 2.20. The van der Waals surface area contributed by atoms with Gasteiger partial charge in [0, 0.05) is 18.4 Å². The molecule has 0 heterocycles. The molecule has 6 heteroatoms. The van der Waals surface area contributed by atoms with E-state index < -0.39 is 5.91 Å². The highest BCUT2D eigenvalue weighted by Gasteiger charge is 2.13. The second-order valence-corrected chi connectivity index (χ2v) is 4.74. The summed E-state index contributed by atoms with van der Waals surface area (Å²) in [5, 5.41) is 2.73. The Kier molecular flexibility index (Phi) is 5.71. The molecule has 0 spiro atoms. The van der Waals surface area contributed by atoms with E-state index in [0.717, 1.165) is 0 Å². The van der Waals surface area contributed by atoms with Crippen molar-refractivity contribution in [2.45, 2.75) is 0 Å². The van der Waals surface area contributed by atoms with E-state index in [1.54, 1.807) is 49.6 Å². The summed E-state index contributed by atoms with van der Waals surface area (Å²) >= 11 is 0. The number of amides is 2. The first kappa shape index (κ1) is 16.5. The zero-order valence-corrected chi connectivity index (χ0v) is 12.7. The summed E-state index contributed by atoms with van der Waals surface area (Å²) in [5.41, 5.74) is 6.44. The molecule has 2 aromatic carbocycles. The minimum Gasteiger partial charge on any atom is -0.490 e. The predicted molar refractivity (Wildman–Crippen MR) is 86.7 cm³/mol. The van der Waals surface area contributed by atoms with Crippen LogP contribution in [0.4, 0.5) is 5.69 Å². The molecule has 3 N–H and O–H groups in total. The van der Waals surface area contributed by atoms with E-state index in [2.05, 4.69) is 5.32 Å². The molecule has 0 saturated heterocycles. The number of methoxy groups -OCH3 is 1. The number of nitrogens with two attached hydrogens (primary N) is 1. The number of para-hydroxylation sites is 1. The van der Waals surface area contributed by atoms with Gasteiger partial charge in [0.2, 0.25) is 5.91 Å². The summed E-state index contributed by atoms with van der Waals surface area (Å²) < 4.78 is 10.5. The van der Waals surface area contributed by atoms with Crippen molar-refractivity contribution >= 4 is 17.5 Å². The van der Waals surface area contributed by atoms with Crippen LogP contribution in [0.1, 0.15) is 20.7 Å². The van der Waals surface area contributed by atoms with Crippen LogP contribution in [0.3, 0.4) is 0 Å². The van der Waals surface area contributed by atoms with Gasteiger partial charge >= 0.3 is 0 Å². The van der Waals surface area contributed by atoms with Crippen LogP contribution in [0.15, 0.2) is 48.5 Å². The third kappa shape index (κ3) is 4.55. The quantitative estimate of drug-likeness (QED) is 0.765. The zero-order valence-electron chi connectivity index (χ0n) is 12.7. The van der Waals surface area contributed by atoms with Crippen molar-refractivity contribution in [1.29, 1.82) is 0 Å². The second-order valence-electron chi connectivity index (χ2n) is 4.74. The average molecular weight is 314 g/mol. The van der Waals surface area contributed by atoms with Crippen LogP contribution in [-0.2, 0) is 4.74 Å². The first-order chi connectivity index (χ1) is 11.1. The molecule has 0 saturated carbocycles. The molecule has 0 aliphatic heterocycles. The SMILES string of the molecule is COCCOc1ccccc1C(=O)Nc1cccc(C(N)=O)c1. The number of carbonyl (C=O) groups is 2. The number of hydrogen-bond donors (Lipinski definition) is 2. The first-order valence-electron chi connectivity index (χ1n) is 7.04. The van der Waals surface area contributed by atoms with Crippen LogP contribution in [0.5, 0.6) is 5.75 Å². The fourth-order valence-electron chi connectivity index (χ4n) is 1.96. The average Bonchev–Trinajstić information content (AvgIpc) is 2.55. The standard InChI is InChI=1S/C17H18N2O4/c1-22-9-10-23-15-8-3-2-7-14(15)17(21)19-13-6-4-5-12(11-13)16(18)20/h2-8,11H,9-10H2,1H3,(H2,18,20)(H,19,21). The second kappa shape index (κ2) is 7.95. The molecule has 120 valence electrons. The van der Waals surface area contributed by atoms with E-state index >= 15 is 0 Å². The lowest BCUT2D eigenvalue weighted by atomic mass is 10.1. The highest BCUT2D eigenvalue weighted by atomic mass is 16.5. The molecular formula is C17H18N2O4. The molecule has 6 nitrogen and oxygen atoms in total. The van der Waals surface area contributed by atoms with Crippen LogP contribution in [0.25, 0.3) is 0 Å². The third-order valence-electron chi connectivity index (χ3n) is 3.08. The molecule has 0 aromatic heterocycles. The molecule has 0 aliphatic rings. The van der Waals surface area contributed by atoms with Gasteiger partial charge < -0.3 is 20.5 Å². The molecule has 2 rings (SSSR count). The molecule has 0 radical (unpaired) electrons. The molecule has 2 aromatic rings. The van der Waals surface area contributed by atoms with Crippen molar-refractivity contribution in [2.75, 3.05) is 25.6 Å². The number of benzene rings is 2. The fraction of sp³-hybridized carbons (Fsp3) is 0.176. The molecule has 0 aliphatic carbocycles. The topological polar surface area (TPSA) is 90.7 Å². The van der Waals surface area contributed by atoms with Gasteiger partial charge in [0.1, 0.15) is 12.4 Å². The first-order valence-corrected chi connectivity index (χ1v) is 7.04. The maximum absolute atomic E-state index is 12.4. The molecule has 0 bridgehead atoms. The summed E-state index contributed by atoms with van der Waals surface area (Å²) in [5.74, 6) is -0.419. The van der Waals surface area contributed by atoms with Gasteiger partial charge in [-0.05, 0) is 30.3 Å². The van der Waals surface area contributed by atoms with Gasteiger partial charge in [-0.2, -0.15) is 0 Å². The third-order valence-corrected chi connectivity index (χ3v) is 3.08. The number of rotatable bonds is 7. The maximum atomic E-state index is 12.4. The normalized spacial score (nSPS) is 10.1. The lowest BCUT2D eigenvalue weighted by molar-refractivity contribution is 0.0994. The predicted octanol–water partition coefficient (Wildman–Crippen LogP) is 2.06. The monoisotopic (exact) mass is 314 g/mol. The van der Waals surface area contributed by atoms with Crippen LogP contribution in [-0.4, -0.2) is 32.1 Å². The Bertz CT molecular complexity index is 700. The lowest BCUT2D eigenvalue weighted by Gasteiger charge is -2.11. The van der Waals surface area contributed by atoms with Gasteiger partial charge in [0.25, 0.3) is 5.91 Å². The number of nitrogens with one attached hydrogen (secondary N) is 1. The van der Waals surface area contributed by atoms with Crippen LogP contribution in [0.2, 0.25) is 0 Å². The van der Waals surface area contributed by atoms with E-state index in [9.17, 15) is 9.59 Å². The van der Waals surface area contributed by atoms with E-state index in [-0.39, 0.29) is 5.91 Å². The number of primary amides is 1. The molecular weight excluding hydrogens is 296 g/mol. The maximum Gasteiger partial charge on any atom is 0.259 e. The number of carbonyl (C=O) groups excluding carboxylic acids is 2. The number of hydrogen-bond acceptors (Lipinski definition) is 4. The smallest absolute Gasteiger partial charge is 0.259 e. The van der Waals surface area contributed by atoms with E-state index in [1.807, 2.05) is 0 Å². The number of anilines is 1. The van der Waals surface area contributed by atoms with Crippen LogP contribution in [0, 0.1) is 0 Å². The van der Waals surface area contributed by atoms with E-state index in [4.69, 9.17) is 15.2 Å². The van der Waals surface area contributed by atoms with Gasteiger partial charge in [-0.15, -0.1) is 0 Å². The molecule has 0 fully saturated rings. The Hall–Kier alpha value is -2.86. The Morgan fingerprint density at radius 3 is 2.61 bits per heavy atom. The minimum absolute atomic E-state index is 0.326. The largest absolute Gasteiger partial charge is 0.490 e. The van der Waals surface area contributed by atoms with E-state index in [1.165, 1.54) is 6.07 Å². The molecule has 2 amide bonds. The van der Waals surface area contributed by atoms with Crippen LogP contribution >= 0.6 is 0 Å². The Morgan fingerprint density at radius 1 is 1.09 bits per heavy atom. The van der Waals surface area contributed by atoms with Crippen LogP contribution < -0.4 is 15.8 Å². The Morgan fingerprint density at radius 2 is 1.87 bits per heavy atom. The van der Waals surface area contributed by atoms with Crippen molar-refractivity contribution in [2.24, 2.45) is 5.73 Å². The minimum atomic E-state index is -0.551. The van der Waals surface area contributed by atoms with Gasteiger partial charge in [0.15, 0.2) is 0 Å². The van der Waals surface area contributed by atoms with Crippen molar-refractivity contribution in [3.63, 3.8) is 0 Å². The summed E-state index contributed by atoms with van der Waals surface area (Å²) in [4.78, 5) is 23.6. The van der Waals surface area contributed by atoms with Crippen molar-refractivity contribution in [3.05, 3.63) is 59.7 Å². The van der Waals surface area contributed by atoms with Crippen molar-refractivity contribution in [1.82, 2.24) is 0 Å². The van der Waals surface area contributed by atoms with Crippen molar-refractivity contribution < 1.29 is 19.1 Å². The summed E-state index contributed by atoms with van der Waals surface area (Å²) in [6.07, 6.45) is 0. The van der Waals surface area contributed by atoms with Gasteiger partial charge in [-0.3, -0.25) is 9.59 Å². The number of ether oxygens (including phenoxy) is 2. The molecule has 0 unspecified atom stereocenters. The summed E-state index contributed by atoms with van der Waals surface area (Å²) in [6.45, 7) is 0.772. The fourth-order valence-corrected chi connectivity index (χ4v) is 1.96.